The van der Waals surface area contributed by atoms with E-state index >= 15 is 0 Å². The average Bonchev–Trinajstić information content (AvgIpc) is 3.07. The van der Waals surface area contributed by atoms with Crippen LogP contribution in [0.25, 0.3) is 0 Å². The monoisotopic (exact) mass is 422 g/mol. The molecule has 1 aliphatic rings. The van der Waals surface area contributed by atoms with Crippen LogP contribution in [0.1, 0.15) is 45.9 Å². The number of ether oxygens (including phenoxy) is 1. The third kappa shape index (κ3) is 5.00. The summed E-state index contributed by atoms with van der Waals surface area (Å²) in [6.07, 6.45) is 3.36. The van der Waals surface area contributed by atoms with Gasteiger partial charge in [0.15, 0.2) is 11.0 Å². The fraction of sp³-hybridized carbons (Fsp3) is 0.550. The first-order chi connectivity index (χ1) is 13.5. The van der Waals surface area contributed by atoms with Crippen molar-refractivity contribution in [1.82, 2.24) is 19.7 Å². The summed E-state index contributed by atoms with van der Waals surface area (Å²) in [4.78, 5) is 14.8. The Balaban J connectivity index is 1.60. The lowest BCUT2D eigenvalue weighted by Gasteiger charge is -2.39. The van der Waals surface area contributed by atoms with Gasteiger partial charge in [-0.1, -0.05) is 23.4 Å². The highest BCUT2D eigenvalue weighted by Crippen LogP contribution is 2.25. The molecule has 3 rings (SSSR count). The van der Waals surface area contributed by atoms with Gasteiger partial charge in [-0.05, 0) is 64.3 Å². The van der Waals surface area contributed by atoms with E-state index in [4.69, 9.17) is 16.3 Å². The van der Waals surface area contributed by atoms with Crippen LogP contribution >= 0.6 is 23.4 Å². The molecule has 1 fully saturated rings. The van der Waals surface area contributed by atoms with Crippen molar-refractivity contribution in [3.8, 4) is 5.75 Å². The molecule has 1 aromatic carbocycles. The number of carbonyl (C=O) groups is 1. The van der Waals surface area contributed by atoms with E-state index in [9.17, 15) is 4.79 Å². The maximum absolute atomic E-state index is 12.7. The van der Waals surface area contributed by atoms with Gasteiger partial charge in [0.2, 0.25) is 5.91 Å². The number of likely N-dealkylation sites (tertiary alicyclic amines) is 1. The van der Waals surface area contributed by atoms with E-state index in [1.54, 1.807) is 12.1 Å². The SMILES string of the molecule is CCn1c(COc2ccc(Cl)cc2)nnc1SCC(=O)N1[C@H](C)CCC[C@@H]1C. The molecule has 6 nitrogen and oxygen atoms in total. The first-order valence-corrected chi connectivity index (χ1v) is 11.1. The summed E-state index contributed by atoms with van der Waals surface area (Å²) in [5, 5.41) is 9.95. The van der Waals surface area contributed by atoms with Crippen LogP contribution in [0.4, 0.5) is 0 Å². The van der Waals surface area contributed by atoms with Gasteiger partial charge >= 0.3 is 0 Å². The Morgan fingerprint density at radius 2 is 1.89 bits per heavy atom. The van der Waals surface area contributed by atoms with Crippen LogP contribution in [0, 0.1) is 0 Å². The Bertz CT molecular complexity index is 786. The van der Waals surface area contributed by atoms with Crippen molar-refractivity contribution in [2.45, 2.75) is 70.4 Å². The van der Waals surface area contributed by atoms with E-state index in [1.807, 2.05) is 28.5 Å². The van der Waals surface area contributed by atoms with Crippen LogP contribution in [0.15, 0.2) is 29.4 Å². The maximum atomic E-state index is 12.7. The number of amides is 1. The number of rotatable bonds is 7. The number of piperidine rings is 1. The Labute approximate surface area is 175 Å². The number of benzene rings is 1. The molecule has 2 aromatic rings. The van der Waals surface area contributed by atoms with Crippen molar-refractivity contribution in [3.63, 3.8) is 0 Å². The Hall–Kier alpha value is -1.73. The van der Waals surface area contributed by atoms with Crippen molar-refractivity contribution in [1.29, 1.82) is 0 Å². The number of carbonyl (C=O) groups excluding carboxylic acids is 1. The van der Waals surface area contributed by atoms with Gasteiger partial charge in [-0.2, -0.15) is 0 Å². The second-order valence-corrected chi connectivity index (χ2v) is 8.48. The molecular formula is C20H27ClN4O2S. The lowest BCUT2D eigenvalue weighted by atomic mass is 9.98. The summed E-state index contributed by atoms with van der Waals surface area (Å²) in [5.41, 5.74) is 0. The summed E-state index contributed by atoms with van der Waals surface area (Å²) in [6, 6.07) is 7.84. The summed E-state index contributed by atoms with van der Waals surface area (Å²) in [7, 11) is 0. The molecule has 0 bridgehead atoms. The molecule has 0 unspecified atom stereocenters. The molecule has 1 saturated heterocycles. The highest BCUT2D eigenvalue weighted by molar-refractivity contribution is 7.99. The van der Waals surface area contributed by atoms with Crippen molar-refractivity contribution >= 4 is 29.3 Å². The minimum atomic E-state index is 0.175. The van der Waals surface area contributed by atoms with E-state index in [0.717, 1.165) is 36.1 Å². The quantitative estimate of drug-likeness (QED) is 0.618. The number of hydrogen-bond donors (Lipinski definition) is 0. The summed E-state index contributed by atoms with van der Waals surface area (Å²) < 4.78 is 7.78. The smallest absolute Gasteiger partial charge is 0.233 e. The minimum Gasteiger partial charge on any atom is -0.486 e. The standard InChI is InChI=1S/C20H27ClN4O2S/c1-4-24-18(12-27-17-10-8-16(21)9-11-17)22-23-20(24)28-13-19(26)25-14(2)6-5-7-15(25)3/h8-11,14-15H,4-7,12-13H2,1-3H3/t14-,15+. The van der Waals surface area contributed by atoms with Crippen molar-refractivity contribution in [2.24, 2.45) is 0 Å². The molecule has 0 aliphatic carbocycles. The van der Waals surface area contributed by atoms with Crippen molar-refractivity contribution < 1.29 is 9.53 Å². The topological polar surface area (TPSA) is 60.2 Å². The van der Waals surface area contributed by atoms with Crippen LogP contribution in [-0.4, -0.2) is 43.4 Å². The third-order valence-electron chi connectivity index (χ3n) is 5.10. The predicted molar refractivity (Wildman–Crippen MR) is 112 cm³/mol. The highest BCUT2D eigenvalue weighted by atomic mass is 35.5. The Morgan fingerprint density at radius 3 is 2.54 bits per heavy atom. The van der Waals surface area contributed by atoms with Gasteiger partial charge in [-0.3, -0.25) is 4.79 Å². The predicted octanol–water partition coefficient (Wildman–Crippen LogP) is 4.41. The normalized spacial score (nSPS) is 19.6. The average molecular weight is 423 g/mol. The first-order valence-electron chi connectivity index (χ1n) is 9.74. The van der Waals surface area contributed by atoms with Crippen LogP contribution < -0.4 is 4.74 Å². The van der Waals surface area contributed by atoms with Crippen LogP contribution in [0.3, 0.4) is 0 Å². The molecule has 8 heteroatoms. The molecule has 1 aromatic heterocycles. The van der Waals surface area contributed by atoms with E-state index in [0.29, 0.717) is 29.5 Å². The van der Waals surface area contributed by atoms with Crippen molar-refractivity contribution in [3.05, 3.63) is 35.1 Å². The first kappa shape index (κ1) is 21.0. The summed E-state index contributed by atoms with van der Waals surface area (Å²) >= 11 is 7.35. The largest absolute Gasteiger partial charge is 0.486 e. The van der Waals surface area contributed by atoms with Crippen molar-refractivity contribution in [2.75, 3.05) is 5.75 Å². The molecule has 2 atom stereocenters. The zero-order chi connectivity index (χ0) is 20.1. The van der Waals surface area contributed by atoms with Gasteiger partial charge in [0.05, 0.1) is 5.75 Å². The van der Waals surface area contributed by atoms with E-state index in [1.165, 1.54) is 18.2 Å². The second kappa shape index (κ2) is 9.65. The zero-order valence-corrected chi connectivity index (χ0v) is 18.2. The van der Waals surface area contributed by atoms with Gasteiger partial charge < -0.3 is 14.2 Å². The lowest BCUT2D eigenvalue weighted by Crippen LogP contribution is -2.48. The summed E-state index contributed by atoms with van der Waals surface area (Å²) in [5.74, 6) is 2.03. The third-order valence-corrected chi connectivity index (χ3v) is 6.30. The molecule has 2 heterocycles. The van der Waals surface area contributed by atoms with Crippen LogP contribution in [0.2, 0.25) is 5.02 Å². The Morgan fingerprint density at radius 1 is 1.21 bits per heavy atom. The number of hydrogen-bond acceptors (Lipinski definition) is 5. The number of aromatic nitrogens is 3. The number of halogens is 1. The molecule has 0 saturated carbocycles. The van der Waals surface area contributed by atoms with E-state index in [-0.39, 0.29) is 5.91 Å². The van der Waals surface area contributed by atoms with Crippen LogP contribution in [0.5, 0.6) is 5.75 Å². The molecular weight excluding hydrogens is 396 g/mol. The molecule has 0 N–H and O–H groups in total. The highest BCUT2D eigenvalue weighted by Gasteiger charge is 2.29. The molecule has 1 amide bonds. The molecule has 28 heavy (non-hydrogen) atoms. The summed E-state index contributed by atoms with van der Waals surface area (Å²) in [6.45, 7) is 7.35. The molecule has 0 spiro atoms. The molecule has 1 aliphatic heterocycles. The van der Waals surface area contributed by atoms with E-state index in [2.05, 4.69) is 24.0 Å². The molecule has 0 radical (unpaired) electrons. The number of nitrogens with zero attached hydrogens (tertiary/aromatic N) is 4. The fourth-order valence-electron chi connectivity index (χ4n) is 3.64. The van der Waals surface area contributed by atoms with E-state index < -0.39 is 0 Å². The molecule has 152 valence electrons. The van der Waals surface area contributed by atoms with Gasteiger partial charge in [0.1, 0.15) is 12.4 Å². The second-order valence-electron chi connectivity index (χ2n) is 7.10. The van der Waals surface area contributed by atoms with Gasteiger partial charge in [-0.15, -0.1) is 10.2 Å². The minimum absolute atomic E-state index is 0.175. The van der Waals surface area contributed by atoms with Crippen LogP contribution in [-0.2, 0) is 17.9 Å². The Kier molecular flexibility index (Phi) is 7.24. The van der Waals surface area contributed by atoms with Gasteiger partial charge in [-0.25, -0.2) is 0 Å². The fourth-order valence-corrected chi connectivity index (χ4v) is 4.66. The maximum Gasteiger partial charge on any atom is 0.233 e. The van der Waals surface area contributed by atoms with Gasteiger partial charge in [0.25, 0.3) is 0 Å². The van der Waals surface area contributed by atoms with Gasteiger partial charge in [0, 0.05) is 23.7 Å². The number of thioether (sulfide) groups is 1. The lowest BCUT2D eigenvalue weighted by molar-refractivity contribution is -0.134. The zero-order valence-electron chi connectivity index (χ0n) is 16.6.